The summed E-state index contributed by atoms with van der Waals surface area (Å²) in [7, 11) is 2.88. The first-order valence-electron chi connectivity index (χ1n) is 1.80. The SMILES string of the molecule is C[N-]NC(=O)[N-]C. The fourth-order valence-electron chi connectivity index (χ4n) is 0.146. The Bertz CT molecular complexity index is 63.2. The van der Waals surface area contributed by atoms with E-state index in [9.17, 15) is 4.79 Å². The summed E-state index contributed by atoms with van der Waals surface area (Å²) in [6, 6.07) is -0.414. The maximum Gasteiger partial charge on any atom is 0.132 e. The molecule has 0 unspecified atom stereocenters. The Morgan fingerprint density at radius 3 is 2.29 bits per heavy atom. The summed E-state index contributed by atoms with van der Waals surface area (Å²) in [5.74, 6) is 0. The van der Waals surface area contributed by atoms with Crippen LogP contribution in [0.3, 0.4) is 0 Å². The zero-order valence-electron chi connectivity index (χ0n) is 4.30. The molecule has 0 saturated heterocycles. The second-order valence-corrected chi connectivity index (χ2v) is 0.864. The average Bonchev–Trinajstić information content (AvgIpc) is 1.68. The Kier molecular flexibility index (Phi) is 3.04. The van der Waals surface area contributed by atoms with Crippen molar-refractivity contribution in [3.63, 3.8) is 0 Å². The fourth-order valence-corrected chi connectivity index (χ4v) is 0.146. The molecule has 0 rings (SSSR count). The van der Waals surface area contributed by atoms with Crippen LogP contribution >= 0.6 is 0 Å². The normalized spacial score (nSPS) is 7.71. The van der Waals surface area contributed by atoms with Gasteiger partial charge in [0.1, 0.15) is 6.03 Å². The van der Waals surface area contributed by atoms with E-state index in [4.69, 9.17) is 0 Å². The van der Waals surface area contributed by atoms with Gasteiger partial charge in [-0.25, -0.2) is 0 Å². The monoisotopic (exact) mass is 101 g/mol. The molecule has 0 aromatic carbocycles. The number of nitrogens with one attached hydrogen (secondary N) is 1. The van der Waals surface area contributed by atoms with Crippen LogP contribution in [0.15, 0.2) is 0 Å². The molecule has 0 aromatic rings. The van der Waals surface area contributed by atoms with Crippen LogP contribution in [0.25, 0.3) is 10.7 Å². The lowest BCUT2D eigenvalue weighted by molar-refractivity contribution is 0.255. The van der Waals surface area contributed by atoms with Gasteiger partial charge in [-0.05, 0) is 0 Å². The van der Waals surface area contributed by atoms with Gasteiger partial charge < -0.3 is 21.0 Å². The van der Waals surface area contributed by atoms with Crippen molar-refractivity contribution < 1.29 is 4.79 Å². The maximum atomic E-state index is 10.0. The highest BCUT2D eigenvalue weighted by Crippen LogP contribution is 1.79. The van der Waals surface area contributed by atoms with E-state index in [1.54, 1.807) is 0 Å². The van der Waals surface area contributed by atoms with Crippen molar-refractivity contribution in [2.75, 3.05) is 14.1 Å². The van der Waals surface area contributed by atoms with Crippen molar-refractivity contribution in [2.24, 2.45) is 0 Å². The standard InChI is InChI=1S/C3H8N3O/c1-4-3(7)6-5-2/h1-2H3,(H2,4,6,7)/q-1/p-1. The summed E-state index contributed by atoms with van der Waals surface area (Å²) in [5.41, 5.74) is 5.43. The van der Waals surface area contributed by atoms with Gasteiger partial charge in [-0.1, -0.05) is 7.05 Å². The predicted octanol–water partition coefficient (Wildman–Crippen LogP) is 0.618. The van der Waals surface area contributed by atoms with Crippen LogP contribution in [-0.4, -0.2) is 20.1 Å². The number of carbonyl (C=O) groups excluding carboxylic acids is 1. The first kappa shape index (κ1) is 6.23. The van der Waals surface area contributed by atoms with Crippen LogP contribution in [0, 0.1) is 0 Å². The van der Waals surface area contributed by atoms with Crippen molar-refractivity contribution in [2.45, 2.75) is 0 Å². The number of nitrogens with zero attached hydrogens (tertiary/aromatic N) is 2. The number of carbonyl (C=O) groups is 1. The third-order valence-electron chi connectivity index (χ3n) is 0.411. The van der Waals surface area contributed by atoms with Gasteiger partial charge in [0.25, 0.3) is 0 Å². The van der Waals surface area contributed by atoms with E-state index >= 15 is 0 Å². The highest BCUT2D eigenvalue weighted by atomic mass is 16.2. The summed E-state index contributed by atoms with van der Waals surface area (Å²) in [4.78, 5) is 10.0. The first-order chi connectivity index (χ1) is 3.31. The molecule has 1 N–H and O–H groups in total. The van der Waals surface area contributed by atoms with Gasteiger partial charge in [0.05, 0.1) is 0 Å². The Morgan fingerprint density at radius 1 is 1.57 bits per heavy atom. The molecular formula is C3H7N3O-2. The molecule has 0 fully saturated rings. The van der Waals surface area contributed by atoms with Gasteiger partial charge in [0.2, 0.25) is 0 Å². The molecule has 4 heteroatoms. The predicted molar refractivity (Wildman–Crippen MR) is 27.1 cm³/mol. The molecule has 0 radical (unpaired) electrons. The molecule has 0 atom stereocenters. The molecule has 0 aliphatic rings. The summed E-state index contributed by atoms with van der Waals surface area (Å²) in [5, 5.41) is 3.23. The number of hydrogen-bond acceptors (Lipinski definition) is 1. The Labute approximate surface area is 42.3 Å². The molecule has 0 aliphatic heterocycles. The van der Waals surface area contributed by atoms with E-state index < -0.39 is 6.03 Å². The first-order valence-corrected chi connectivity index (χ1v) is 1.80. The number of urea groups is 1. The van der Waals surface area contributed by atoms with E-state index in [0.29, 0.717) is 0 Å². The summed E-state index contributed by atoms with van der Waals surface area (Å²) in [6.45, 7) is 0. The number of amides is 2. The van der Waals surface area contributed by atoms with Crippen LogP contribution in [0.5, 0.6) is 0 Å². The molecule has 0 bridgehead atoms. The van der Waals surface area contributed by atoms with Crippen LogP contribution in [0.1, 0.15) is 0 Å². The minimum Gasteiger partial charge on any atom is -0.670 e. The van der Waals surface area contributed by atoms with Gasteiger partial charge in [-0.3, -0.25) is 0 Å². The third-order valence-corrected chi connectivity index (χ3v) is 0.411. The van der Waals surface area contributed by atoms with Crippen molar-refractivity contribution in [3.8, 4) is 0 Å². The van der Waals surface area contributed by atoms with E-state index in [2.05, 4.69) is 16.2 Å². The molecule has 0 spiro atoms. The quantitative estimate of drug-likeness (QED) is 0.483. The smallest absolute Gasteiger partial charge is 0.132 e. The van der Waals surface area contributed by atoms with Gasteiger partial charge in [0.15, 0.2) is 0 Å². The van der Waals surface area contributed by atoms with E-state index in [1.165, 1.54) is 14.1 Å². The average molecular weight is 101 g/mol. The lowest BCUT2D eigenvalue weighted by Crippen LogP contribution is -2.12. The molecule has 2 amide bonds. The van der Waals surface area contributed by atoms with Gasteiger partial charge in [0, 0.05) is 0 Å². The summed E-state index contributed by atoms with van der Waals surface area (Å²) >= 11 is 0. The number of rotatable bonds is 1. The molecule has 0 aliphatic carbocycles. The van der Waals surface area contributed by atoms with Crippen LogP contribution < -0.4 is 5.43 Å². The second kappa shape index (κ2) is 3.42. The third kappa shape index (κ3) is 3.05. The molecule has 0 heterocycles. The molecule has 0 saturated carbocycles. The number of hydrogen-bond donors (Lipinski definition) is 1. The van der Waals surface area contributed by atoms with Crippen LogP contribution in [0.2, 0.25) is 0 Å². The Morgan fingerprint density at radius 2 is 2.14 bits per heavy atom. The Hall–Kier alpha value is -0.770. The lowest BCUT2D eigenvalue weighted by atomic mass is 11.0. The second-order valence-electron chi connectivity index (χ2n) is 0.864. The van der Waals surface area contributed by atoms with Gasteiger partial charge >= 0.3 is 0 Å². The zero-order valence-corrected chi connectivity index (χ0v) is 4.30. The largest absolute Gasteiger partial charge is 0.670 e. The maximum absolute atomic E-state index is 10.0. The van der Waals surface area contributed by atoms with Crippen molar-refractivity contribution in [1.82, 2.24) is 5.43 Å². The van der Waals surface area contributed by atoms with E-state index in [1.807, 2.05) is 0 Å². The van der Waals surface area contributed by atoms with E-state index in [-0.39, 0.29) is 0 Å². The molecular weight excluding hydrogens is 94.1 g/mol. The van der Waals surface area contributed by atoms with Crippen LogP contribution in [-0.2, 0) is 0 Å². The van der Waals surface area contributed by atoms with Crippen molar-refractivity contribution in [1.29, 1.82) is 0 Å². The minimum absolute atomic E-state index is 0.414. The lowest BCUT2D eigenvalue weighted by Gasteiger charge is -2.23. The van der Waals surface area contributed by atoms with E-state index in [0.717, 1.165) is 0 Å². The fraction of sp³-hybridized carbons (Fsp3) is 0.667. The highest BCUT2D eigenvalue weighted by molar-refractivity contribution is 5.87. The summed E-state index contributed by atoms with van der Waals surface area (Å²) < 4.78 is 0. The van der Waals surface area contributed by atoms with Gasteiger partial charge in [-0.15, -0.1) is 0 Å². The molecule has 4 nitrogen and oxygen atoms in total. The molecule has 7 heavy (non-hydrogen) atoms. The minimum atomic E-state index is -0.414. The van der Waals surface area contributed by atoms with Gasteiger partial charge in [-0.2, -0.15) is 7.05 Å². The topological polar surface area (TPSA) is 57.3 Å². The molecule has 0 aromatic heterocycles. The highest BCUT2D eigenvalue weighted by Gasteiger charge is 1.66. The Balaban J connectivity index is 3.00. The zero-order chi connectivity index (χ0) is 5.70. The van der Waals surface area contributed by atoms with Crippen molar-refractivity contribution >= 4 is 6.03 Å². The summed E-state index contributed by atoms with van der Waals surface area (Å²) in [6.07, 6.45) is 0. The van der Waals surface area contributed by atoms with Crippen LogP contribution in [0.4, 0.5) is 4.79 Å². The molecule has 42 valence electrons. The van der Waals surface area contributed by atoms with Crippen molar-refractivity contribution in [3.05, 3.63) is 10.7 Å².